The third-order valence-corrected chi connectivity index (χ3v) is 7.16. The molecule has 0 radical (unpaired) electrons. The first-order chi connectivity index (χ1) is 15.5. The number of morpholine rings is 1. The second-order valence-electron chi connectivity index (χ2n) is 9.63. The minimum Gasteiger partial charge on any atom is -0.488 e. The van der Waals surface area contributed by atoms with E-state index < -0.39 is 0 Å². The van der Waals surface area contributed by atoms with Crippen molar-refractivity contribution in [2.24, 2.45) is 5.10 Å². The van der Waals surface area contributed by atoms with Crippen molar-refractivity contribution in [2.75, 3.05) is 31.1 Å². The Morgan fingerprint density at radius 3 is 2.81 bits per heavy atom. The number of carbonyl (C=O) groups excluding carboxylic acids is 1. The van der Waals surface area contributed by atoms with Gasteiger partial charge in [0.1, 0.15) is 35.8 Å². The Kier molecular flexibility index (Phi) is 4.50. The zero-order valence-corrected chi connectivity index (χ0v) is 18.3. The summed E-state index contributed by atoms with van der Waals surface area (Å²) in [6, 6.07) is 2.18. The number of aromatic nitrogens is 2. The number of piperidine rings is 1. The fourth-order valence-corrected chi connectivity index (χ4v) is 4.77. The molecular formula is C23H28N6O3. The molecule has 0 bridgehead atoms. The molecule has 1 atom stereocenters. The molecule has 3 aliphatic heterocycles. The van der Waals surface area contributed by atoms with Crippen LogP contribution in [0.25, 0.3) is 0 Å². The van der Waals surface area contributed by atoms with Crippen LogP contribution in [0, 0.1) is 0 Å². The summed E-state index contributed by atoms with van der Waals surface area (Å²) in [5.74, 6) is 1.79. The van der Waals surface area contributed by atoms with Gasteiger partial charge in [-0.3, -0.25) is 4.79 Å². The molecule has 9 nitrogen and oxygen atoms in total. The number of rotatable bonds is 4. The van der Waals surface area contributed by atoms with E-state index in [9.17, 15) is 4.79 Å². The fraction of sp³-hybridized carbons (Fsp3) is 0.565. The van der Waals surface area contributed by atoms with Gasteiger partial charge in [-0.05, 0) is 51.2 Å². The Balaban J connectivity index is 1.17. The van der Waals surface area contributed by atoms with Gasteiger partial charge in [0, 0.05) is 31.3 Å². The van der Waals surface area contributed by atoms with Gasteiger partial charge < -0.3 is 25.1 Å². The average Bonchev–Trinajstić information content (AvgIpc) is 3.38. The van der Waals surface area contributed by atoms with Crippen LogP contribution in [0.15, 0.2) is 41.0 Å². The zero-order valence-electron chi connectivity index (χ0n) is 18.3. The molecule has 1 unspecified atom stereocenters. The first-order valence-corrected chi connectivity index (χ1v) is 11.4. The molecule has 0 aromatic carbocycles. The maximum absolute atomic E-state index is 11.4. The van der Waals surface area contributed by atoms with Gasteiger partial charge in [-0.1, -0.05) is 0 Å². The maximum Gasteiger partial charge on any atom is 0.246 e. The topological polar surface area (TPSA) is 101 Å². The molecule has 2 aliphatic carbocycles. The van der Waals surface area contributed by atoms with Crippen LogP contribution in [0.1, 0.15) is 44.7 Å². The molecule has 32 heavy (non-hydrogen) atoms. The Morgan fingerprint density at radius 1 is 1.22 bits per heavy atom. The van der Waals surface area contributed by atoms with Gasteiger partial charge in [0.2, 0.25) is 5.91 Å². The molecule has 1 spiro atoms. The summed E-state index contributed by atoms with van der Waals surface area (Å²) in [6.45, 7) is 4.54. The molecule has 9 heteroatoms. The molecule has 6 rings (SSSR count). The van der Waals surface area contributed by atoms with Crippen LogP contribution in [0.4, 0.5) is 5.82 Å². The highest BCUT2D eigenvalue weighted by molar-refractivity contribution is 6.14. The normalized spacial score (nSPS) is 27.5. The van der Waals surface area contributed by atoms with E-state index in [0.29, 0.717) is 6.54 Å². The molecule has 5 aliphatic rings. The summed E-state index contributed by atoms with van der Waals surface area (Å²) < 4.78 is 12.1. The number of hydrogen-bond acceptors (Lipinski definition) is 8. The van der Waals surface area contributed by atoms with Crippen molar-refractivity contribution < 1.29 is 14.3 Å². The number of amides is 1. The molecule has 3 fully saturated rings. The fourth-order valence-electron chi connectivity index (χ4n) is 4.77. The summed E-state index contributed by atoms with van der Waals surface area (Å²) >= 11 is 0. The van der Waals surface area contributed by atoms with Gasteiger partial charge in [0.15, 0.2) is 0 Å². The van der Waals surface area contributed by atoms with Gasteiger partial charge in [-0.25, -0.2) is 9.97 Å². The van der Waals surface area contributed by atoms with E-state index in [1.165, 1.54) is 0 Å². The Labute approximate surface area is 187 Å². The Hall–Kier alpha value is -2.94. The van der Waals surface area contributed by atoms with Gasteiger partial charge in [0.05, 0.1) is 17.3 Å². The third-order valence-electron chi connectivity index (χ3n) is 7.16. The molecular weight excluding hydrogens is 408 g/mol. The maximum atomic E-state index is 11.4. The van der Waals surface area contributed by atoms with E-state index in [-0.39, 0.29) is 29.8 Å². The largest absolute Gasteiger partial charge is 0.488 e. The second-order valence-corrected chi connectivity index (χ2v) is 9.63. The van der Waals surface area contributed by atoms with Gasteiger partial charge in [0.25, 0.3) is 0 Å². The lowest BCUT2D eigenvalue weighted by molar-refractivity contribution is -0.146. The van der Waals surface area contributed by atoms with Crippen LogP contribution in [0.5, 0.6) is 0 Å². The van der Waals surface area contributed by atoms with Gasteiger partial charge >= 0.3 is 0 Å². The van der Waals surface area contributed by atoms with Crippen molar-refractivity contribution in [3.8, 4) is 0 Å². The molecule has 168 valence electrons. The van der Waals surface area contributed by atoms with Crippen molar-refractivity contribution in [1.82, 2.24) is 20.7 Å². The SMILES string of the molecule is CC1(OC2=CCC3NN=C(c4cc(N5CCC6(CC5)CNC(=O)CO6)ncn4)C3=C2)CC1. The van der Waals surface area contributed by atoms with E-state index in [0.717, 1.165) is 73.7 Å². The molecule has 1 aromatic rings. The van der Waals surface area contributed by atoms with E-state index in [2.05, 4.69) is 49.8 Å². The van der Waals surface area contributed by atoms with Crippen LogP contribution >= 0.6 is 0 Å². The quantitative estimate of drug-likeness (QED) is 0.736. The van der Waals surface area contributed by atoms with Crippen molar-refractivity contribution >= 4 is 17.4 Å². The van der Waals surface area contributed by atoms with Crippen LogP contribution in [0.3, 0.4) is 0 Å². The van der Waals surface area contributed by atoms with Crippen LogP contribution in [0.2, 0.25) is 0 Å². The molecule has 1 aromatic heterocycles. The third kappa shape index (κ3) is 3.64. The number of anilines is 1. The van der Waals surface area contributed by atoms with Crippen LogP contribution < -0.4 is 15.6 Å². The highest BCUT2D eigenvalue weighted by atomic mass is 16.5. The number of carbonyl (C=O) groups is 1. The number of fused-ring (bicyclic) bond motifs is 1. The Bertz CT molecular complexity index is 1020. The van der Waals surface area contributed by atoms with E-state index >= 15 is 0 Å². The molecule has 1 amide bonds. The highest BCUT2D eigenvalue weighted by Crippen LogP contribution is 2.42. The van der Waals surface area contributed by atoms with Crippen LogP contribution in [-0.2, 0) is 14.3 Å². The zero-order chi connectivity index (χ0) is 21.8. The minimum absolute atomic E-state index is 0.00235. The number of allylic oxidation sites excluding steroid dienone is 1. The number of hydrazone groups is 1. The number of hydrogen-bond donors (Lipinski definition) is 2. The predicted octanol–water partition coefficient (Wildman–Crippen LogP) is 1.42. The number of nitrogens with one attached hydrogen (secondary N) is 2. The lowest BCUT2D eigenvalue weighted by atomic mass is 9.90. The minimum atomic E-state index is -0.249. The van der Waals surface area contributed by atoms with Crippen molar-refractivity contribution in [3.63, 3.8) is 0 Å². The average molecular weight is 437 g/mol. The Morgan fingerprint density at radius 2 is 2.06 bits per heavy atom. The van der Waals surface area contributed by atoms with Gasteiger partial charge in [-0.2, -0.15) is 5.10 Å². The van der Waals surface area contributed by atoms with E-state index in [1.807, 2.05) is 6.07 Å². The van der Waals surface area contributed by atoms with Gasteiger partial charge in [-0.15, -0.1) is 0 Å². The summed E-state index contributed by atoms with van der Waals surface area (Å²) in [5, 5.41) is 7.54. The summed E-state index contributed by atoms with van der Waals surface area (Å²) in [4.78, 5) is 22.8. The lowest BCUT2D eigenvalue weighted by Crippen LogP contribution is -2.57. The van der Waals surface area contributed by atoms with Crippen molar-refractivity contribution in [2.45, 2.75) is 56.3 Å². The van der Waals surface area contributed by atoms with Crippen molar-refractivity contribution in [1.29, 1.82) is 0 Å². The number of ether oxygens (including phenoxy) is 2. The second kappa shape index (κ2) is 7.30. The van der Waals surface area contributed by atoms with Crippen molar-refractivity contribution in [3.05, 3.63) is 41.6 Å². The highest BCUT2D eigenvalue weighted by Gasteiger charge is 2.42. The monoisotopic (exact) mass is 436 g/mol. The molecule has 2 saturated heterocycles. The van der Waals surface area contributed by atoms with Crippen LogP contribution in [-0.4, -0.2) is 65.1 Å². The first-order valence-electron chi connectivity index (χ1n) is 11.4. The smallest absolute Gasteiger partial charge is 0.246 e. The molecule has 2 N–H and O–H groups in total. The summed E-state index contributed by atoms with van der Waals surface area (Å²) in [7, 11) is 0. The molecule has 1 saturated carbocycles. The predicted molar refractivity (Wildman–Crippen MR) is 118 cm³/mol. The lowest BCUT2D eigenvalue weighted by Gasteiger charge is -2.43. The standard InChI is InChI=1S/C23H28N6O3/c1-22(4-5-22)32-15-2-3-17-16(10-15)21(28-27-17)18-11-19(26-14-25-18)29-8-6-23(7-9-29)13-24-20(30)12-31-23/h2,10-11,14,17,27H,3-9,12-13H2,1H3,(H,24,30). The van der Waals surface area contributed by atoms with E-state index in [1.54, 1.807) is 6.33 Å². The summed E-state index contributed by atoms with van der Waals surface area (Å²) in [5.41, 5.74) is 5.79. The molecule has 4 heterocycles. The first kappa shape index (κ1) is 19.7. The summed E-state index contributed by atoms with van der Waals surface area (Å²) in [6.07, 6.45) is 10.7. The van der Waals surface area contributed by atoms with E-state index in [4.69, 9.17) is 9.47 Å². The number of nitrogens with zero attached hydrogens (tertiary/aromatic N) is 4.